The highest BCUT2D eigenvalue weighted by Gasteiger charge is 2.34. The maximum atomic E-state index is 12.3. The predicted molar refractivity (Wildman–Crippen MR) is 103 cm³/mol. The highest BCUT2D eigenvalue weighted by molar-refractivity contribution is 7.22. The zero-order chi connectivity index (χ0) is 18.8. The van der Waals surface area contributed by atoms with E-state index in [1.54, 1.807) is 30.7 Å². The van der Waals surface area contributed by atoms with Crippen LogP contribution in [0.3, 0.4) is 0 Å². The topological polar surface area (TPSA) is 89.3 Å². The first-order valence-electron chi connectivity index (χ1n) is 8.63. The molecule has 2 aromatic heterocycles. The SMILES string of the molecule is COc1ccc2nc(N3CC(C(=O)NCCn4ncccc4=O)C3)sc2c1. The average molecular weight is 385 g/mol. The molecule has 1 fully saturated rings. The normalized spacial score (nSPS) is 14.2. The molecule has 8 nitrogen and oxygen atoms in total. The van der Waals surface area contributed by atoms with Crippen LogP contribution in [-0.4, -0.2) is 47.4 Å². The molecule has 0 unspecified atom stereocenters. The summed E-state index contributed by atoms with van der Waals surface area (Å²) < 4.78 is 7.65. The summed E-state index contributed by atoms with van der Waals surface area (Å²) in [6.45, 7) is 2.04. The molecule has 27 heavy (non-hydrogen) atoms. The van der Waals surface area contributed by atoms with Crippen molar-refractivity contribution in [3.63, 3.8) is 0 Å². The smallest absolute Gasteiger partial charge is 0.266 e. The van der Waals surface area contributed by atoms with Crippen LogP contribution in [0.5, 0.6) is 5.75 Å². The number of anilines is 1. The number of hydrogen-bond acceptors (Lipinski definition) is 7. The number of nitrogens with zero attached hydrogens (tertiary/aromatic N) is 4. The summed E-state index contributed by atoms with van der Waals surface area (Å²) in [4.78, 5) is 30.6. The van der Waals surface area contributed by atoms with Crippen molar-refractivity contribution >= 4 is 32.6 Å². The first-order valence-corrected chi connectivity index (χ1v) is 9.45. The van der Waals surface area contributed by atoms with E-state index < -0.39 is 0 Å². The number of carbonyl (C=O) groups is 1. The van der Waals surface area contributed by atoms with Gasteiger partial charge >= 0.3 is 0 Å². The molecule has 9 heteroatoms. The highest BCUT2D eigenvalue weighted by Crippen LogP contribution is 2.34. The third-order valence-electron chi connectivity index (χ3n) is 4.52. The Morgan fingerprint density at radius 2 is 2.22 bits per heavy atom. The van der Waals surface area contributed by atoms with Crippen LogP contribution in [0.4, 0.5) is 5.13 Å². The second kappa shape index (κ2) is 7.36. The summed E-state index contributed by atoms with van der Waals surface area (Å²) in [5, 5.41) is 7.76. The molecule has 0 bridgehead atoms. The first-order chi connectivity index (χ1) is 13.1. The fraction of sp³-hybridized carbons (Fsp3) is 0.333. The summed E-state index contributed by atoms with van der Waals surface area (Å²) >= 11 is 1.60. The second-order valence-electron chi connectivity index (χ2n) is 6.31. The van der Waals surface area contributed by atoms with Crippen molar-refractivity contribution < 1.29 is 9.53 Å². The molecular weight excluding hydrogens is 366 g/mol. The van der Waals surface area contributed by atoms with E-state index in [9.17, 15) is 9.59 Å². The number of benzene rings is 1. The lowest BCUT2D eigenvalue weighted by Crippen LogP contribution is -2.54. The molecule has 0 atom stereocenters. The van der Waals surface area contributed by atoms with E-state index in [1.807, 2.05) is 18.2 Å². The minimum absolute atomic E-state index is 0.00184. The van der Waals surface area contributed by atoms with Crippen LogP contribution in [0, 0.1) is 5.92 Å². The van der Waals surface area contributed by atoms with Gasteiger partial charge in [0.2, 0.25) is 5.91 Å². The monoisotopic (exact) mass is 385 g/mol. The van der Waals surface area contributed by atoms with Gasteiger partial charge in [0.15, 0.2) is 5.13 Å². The predicted octanol–water partition coefficient (Wildman–Crippen LogP) is 1.11. The first kappa shape index (κ1) is 17.5. The van der Waals surface area contributed by atoms with Crippen molar-refractivity contribution in [3.8, 4) is 5.75 Å². The number of amides is 1. The highest BCUT2D eigenvalue weighted by atomic mass is 32.1. The van der Waals surface area contributed by atoms with Gasteiger partial charge in [-0.3, -0.25) is 9.59 Å². The van der Waals surface area contributed by atoms with Gasteiger partial charge in [0.05, 0.1) is 29.8 Å². The number of rotatable bonds is 6. The summed E-state index contributed by atoms with van der Waals surface area (Å²) in [5.41, 5.74) is 0.763. The minimum atomic E-state index is -0.172. The van der Waals surface area contributed by atoms with Crippen molar-refractivity contribution in [2.45, 2.75) is 6.54 Å². The average Bonchev–Trinajstić information content (AvgIpc) is 3.04. The van der Waals surface area contributed by atoms with Gasteiger partial charge in [-0.15, -0.1) is 0 Å². The summed E-state index contributed by atoms with van der Waals surface area (Å²) in [5.74, 6) is 0.746. The number of aromatic nitrogens is 3. The number of ether oxygens (including phenoxy) is 1. The van der Waals surface area contributed by atoms with E-state index in [1.165, 1.54) is 10.7 Å². The third-order valence-corrected chi connectivity index (χ3v) is 5.59. The Kier molecular flexibility index (Phi) is 4.76. The van der Waals surface area contributed by atoms with Gasteiger partial charge in [0, 0.05) is 31.9 Å². The Labute approximate surface area is 159 Å². The molecule has 0 saturated carbocycles. The number of nitrogens with one attached hydrogen (secondary N) is 1. The van der Waals surface area contributed by atoms with E-state index in [-0.39, 0.29) is 17.4 Å². The molecule has 1 saturated heterocycles. The number of methoxy groups -OCH3 is 1. The molecule has 0 radical (unpaired) electrons. The lowest BCUT2D eigenvalue weighted by molar-refractivity contribution is -0.125. The molecule has 1 aliphatic rings. The van der Waals surface area contributed by atoms with Crippen molar-refractivity contribution in [1.29, 1.82) is 0 Å². The van der Waals surface area contributed by atoms with Crippen molar-refractivity contribution in [3.05, 3.63) is 46.9 Å². The zero-order valence-electron chi connectivity index (χ0n) is 14.8. The number of hydrogen-bond donors (Lipinski definition) is 1. The van der Waals surface area contributed by atoms with Crippen LogP contribution < -0.4 is 20.5 Å². The number of fused-ring (bicyclic) bond motifs is 1. The van der Waals surface area contributed by atoms with Crippen molar-refractivity contribution in [1.82, 2.24) is 20.1 Å². The molecule has 3 aromatic rings. The third kappa shape index (κ3) is 3.63. The summed E-state index contributed by atoms with van der Waals surface area (Å²) in [6, 6.07) is 8.85. The van der Waals surface area contributed by atoms with E-state index in [2.05, 4.69) is 20.3 Å². The van der Waals surface area contributed by atoms with Gasteiger partial charge in [0.25, 0.3) is 5.56 Å². The fourth-order valence-electron chi connectivity index (χ4n) is 2.94. The van der Waals surface area contributed by atoms with Crippen molar-refractivity contribution in [2.75, 3.05) is 31.6 Å². The fourth-order valence-corrected chi connectivity index (χ4v) is 3.95. The van der Waals surface area contributed by atoms with Crippen LogP contribution >= 0.6 is 11.3 Å². The largest absolute Gasteiger partial charge is 0.497 e. The molecule has 3 heterocycles. The maximum Gasteiger partial charge on any atom is 0.266 e. The Hall–Kier alpha value is -2.94. The van der Waals surface area contributed by atoms with Gasteiger partial charge < -0.3 is 15.0 Å². The van der Waals surface area contributed by atoms with Crippen LogP contribution in [-0.2, 0) is 11.3 Å². The Morgan fingerprint density at radius 3 is 3.00 bits per heavy atom. The number of carbonyl (C=O) groups excluding carboxylic acids is 1. The van der Waals surface area contributed by atoms with E-state index in [0.717, 1.165) is 21.1 Å². The van der Waals surface area contributed by atoms with Crippen LogP contribution in [0.2, 0.25) is 0 Å². The molecule has 1 N–H and O–H groups in total. The van der Waals surface area contributed by atoms with E-state index in [4.69, 9.17) is 4.74 Å². The standard InChI is InChI=1S/C18H19N5O3S/c1-26-13-4-5-14-15(9-13)27-18(21-14)22-10-12(11-22)17(25)19-7-8-23-16(24)3-2-6-20-23/h2-6,9,12H,7-8,10-11H2,1H3,(H,19,25). The van der Waals surface area contributed by atoms with Crippen LogP contribution in [0.25, 0.3) is 10.2 Å². The van der Waals surface area contributed by atoms with Crippen LogP contribution in [0.1, 0.15) is 0 Å². The lowest BCUT2D eigenvalue weighted by Gasteiger charge is -2.37. The van der Waals surface area contributed by atoms with Gasteiger partial charge in [-0.25, -0.2) is 9.67 Å². The minimum Gasteiger partial charge on any atom is -0.497 e. The van der Waals surface area contributed by atoms with E-state index >= 15 is 0 Å². The molecule has 0 aliphatic carbocycles. The Morgan fingerprint density at radius 1 is 1.37 bits per heavy atom. The van der Waals surface area contributed by atoms with Gasteiger partial charge in [-0.1, -0.05) is 11.3 Å². The van der Waals surface area contributed by atoms with Crippen molar-refractivity contribution in [2.24, 2.45) is 5.92 Å². The second-order valence-corrected chi connectivity index (χ2v) is 7.32. The van der Waals surface area contributed by atoms with Gasteiger partial charge in [-0.2, -0.15) is 5.10 Å². The molecule has 1 aromatic carbocycles. The maximum absolute atomic E-state index is 12.3. The number of thiazole rings is 1. The van der Waals surface area contributed by atoms with Crippen LogP contribution in [0.15, 0.2) is 41.3 Å². The quantitative estimate of drug-likeness (QED) is 0.684. The van der Waals surface area contributed by atoms with Gasteiger partial charge in [-0.05, 0) is 24.3 Å². The lowest BCUT2D eigenvalue weighted by atomic mass is 10.0. The molecule has 0 spiro atoms. The molecule has 140 valence electrons. The summed E-state index contributed by atoms with van der Waals surface area (Å²) in [6.07, 6.45) is 1.56. The molecule has 1 amide bonds. The van der Waals surface area contributed by atoms with Gasteiger partial charge in [0.1, 0.15) is 5.75 Å². The van der Waals surface area contributed by atoms with E-state index in [0.29, 0.717) is 26.2 Å². The molecular formula is C18H19N5O3S. The summed E-state index contributed by atoms with van der Waals surface area (Å²) in [7, 11) is 1.64. The zero-order valence-corrected chi connectivity index (χ0v) is 15.6. The Bertz CT molecular complexity index is 1030. The molecule has 1 aliphatic heterocycles. The molecule has 4 rings (SSSR count). The Balaban J connectivity index is 1.29.